The van der Waals surface area contributed by atoms with Gasteiger partial charge in [-0.2, -0.15) is 8.42 Å². The predicted octanol–water partition coefficient (Wildman–Crippen LogP) is 3.13. The van der Waals surface area contributed by atoms with Crippen LogP contribution in [0.25, 0.3) is 0 Å². The standard InChI is InChI=1S/C21H27Cl2N5O4S/c1-26-13-20(24-14-26)33(30,31)25-21(29)28-8-4-15(5-9-28)27-10-6-16(7-11-27)32-17-2-3-18(22)19(23)12-17/h2-3,12-16H,4-11H2,1H3,(H,25,29). The zero-order valence-electron chi connectivity index (χ0n) is 18.3. The first-order chi connectivity index (χ1) is 15.7. The second-order valence-electron chi connectivity index (χ2n) is 8.44. The number of aryl methyl sites for hydroxylation is 1. The number of halogens is 2. The molecule has 2 saturated heterocycles. The quantitative estimate of drug-likeness (QED) is 0.656. The Labute approximate surface area is 203 Å². The number of benzene rings is 1. The summed E-state index contributed by atoms with van der Waals surface area (Å²) in [5, 5.41) is 0.822. The van der Waals surface area contributed by atoms with E-state index in [0.29, 0.717) is 29.2 Å². The van der Waals surface area contributed by atoms with Gasteiger partial charge in [-0.1, -0.05) is 23.2 Å². The van der Waals surface area contributed by atoms with E-state index in [4.69, 9.17) is 27.9 Å². The molecule has 1 aromatic heterocycles. The minimum atomic E-state index is -3.97. The third-order valence-electron chi connectivity index (χ3n) is 6.12. The molecule has 1 N–H and O–H groups in total. The lowest BCUT2D eigenvalue weighted by Crippen LogP contribution is -2.52. The van der Waals surface area contributed by atoms with E-state index >= 15 is 0 Å². The molecule has 2 fully saturated rings. The van der Waals surface area contributed by atoms with Crippen LogP contribution in [0.5, 0.6) is 5.75 Å². The number of likely N-dealkylation sites (tertiary alicyclic amines) is 2. The summed E-state index contributed by atoms with van der Waals surface area (Å²) in [6.07, 6.45) is 6.28. The fraction of sp³-hybridized carbons (Fsp3) is 0.524. The maximum Gasteiger partial charge on any atom is 0.331 e. The van der Waals surface area contributed by atoms with Crippen LogP contribution in [0.4, 0.5) is 4.79 Å². The van der Waals surface area contributed by atoms with Crippen molar-refractivity contribution in [2.75, 3.05) is 26.2 Å². The van der Waals surface area contributed by atoms with Crippen LogP contribution in [-0.4, -0.2) is 72.1 Å². The van der Waals surface area contributed by atoms with Crippen molar-refractivity contribution < 1.29 is 17.9 Å². The van der Waals surface area contributed by atoms with Gasteiger partial charge in [-0.15, -0.1) is 0 Å². The largest absolute Gasteiger partial charge is 0.490 e. The molecule has 1 aromatic carbocycles. The third kappa shape index (κ3) is 5.92. The molecule has 0 atom stereocenters. The second kappa shape index (κ2) is 10.1. The average Bonchev–Trinajstić information content (AvgIpc) is 3.24. The van der Waals surface area contributed by atoms with Gasteiger partial charge < -0.3 is 14.2 Å². The van der Waals surface area contributed by atoms with Crippen molar-refractivity contribution in [1.82, 2.24) is 24.1 Å². The van der Waals surface area contributed by atoms with Crippen molar-refractivity contribution in [3.8, 4) is 5.75 Å². The number of ether oxygens (including phenoxy) is 1. The number of hydrogen-bond donors (Lipinski definition) is 1. The van der Waals surface area contributed by atoms with E-state index in [1.165, 1.54) is 17.1 Å². The average molecular weight is 516 g/mol. The minimum absolute atomic E-state index is 0.126. The molecule has 2 aliphatic heterocycles. The highest BCUT2D eigenvalue weighted by atomic mass is 35.5. The zero-order chi connectivity index (χ0) is 23.6. The summed E-state index contributed by atoms with van der Waals surface area (Å²) in [4.78, 5) is 20.3. The molecule has 0 aliphatic carbocycles. The Hall–Kier alpha value is -2.01. The first kappa shape index (κ1) is 24.1. The molecule has 9 nitrogen and oxygen atoms in total. The molecule has 0 bridgehead atoms. The van der Waals surface area contributed by atoms with Crippen molar-refractivity contribution in [2.24, 2.45) is 7.05 Å². The van der Waals surface area contributed by atoms with Crippen molar-refractivity contribution in [2.45, 2.75) is 42.9 Å². The molecule has 0 saturated carbocycles. The normalized spacial score (nSPS) is 18.9. The van der Waals surface area contributed by atoms with Crippen molar-refractivity contribution in [3.05, 3.63) is 40.8 Å². The monoisotopic (exact) mass is 515 g/mol. The topological polar surface area (TPSA) is 96.8 Å². The van der Waals surface area contributed by atoms with Crippen molar-refractivity contribution in [1.29, 1.82) is 0 Å². The lowest BCUT2D eigenvalue weighted by molar-refractivity contribution is 0.0540. The molecule has 4 rings (SSSR count). The van der Waals surface area contributed by atoms with Gasteiger partial charge in [0.25, 0.3) is 10.0 Å². The molecule has 3 heterocycles. The Morgan fingerprint density at radius 1 is 1.09 bits per heavy atom. The van der Waals surface area contributed by atoms with Gasteiger partial charge in [0.05, 0.1) is 16.4 Å². The lowest BCUT2D eigenvalue weighted by Gasteiger charge is -2.41. The van der Waals surface area contributed by atoms with E-state index in [2.05, 4.69) is 14.6 Å². The van der Waals surface area contributed by atoms with Gasteiger partial charge >= 0.3 is 6.03 Å². The van der Waals surface area contributed by atoms with Gasteiger partial charge in [0.2, 0.25) is 0 Å². The van der Waals surface area contributed by atoms with E-state index in [1.54, 1.807) is 24.1 Å². The molecule has 12 heteroatoms. The number of sulfonamides is 1. The summed E-state index contributed by atoms with van der Waals surface area (Å²) in [5.41, 5.74) is 0. The van der Waals surface area contributed by atoms with Crippen LogP contribution in [0.1, 0.15) is 25.7 Å². The van der Waals surface area contributed by atoms with Gasteiger partial charge in [0.15, 0.2) is 5.03 Å². The van der Waals surface area contributed by atoms with E-state index in [9.17, 15) is 13.2 Å². The summed E-state index contributed by atoms with van der Waals surface area (Å²) in [5.74, 6) is 0.725. The van der Waals surface area contributed by atoms with Crippen LogP contribution in [0, 0.1) is 0 Å². The summed E-state index contributed by atoms with van der Waals surface area (Å²) in [6.45, 7) is 2.84. The minimum Gasteiger partial charge on any atom is -0.490 e. The Morgan fingerprint density at radius 3 is 2.39 bits per heavy atom. The number of rotatable bonds is 5. The summed E-state index contributed by atoms with van der Waals surface area (Å²) >= 11 is 12.0. The van der Waals surface area contributed by atoms with Crippen LogP contribution in [0.3, 0.4) is 0 Å². The van der Waals surface area contributed by atoms with E-state index in [1.807, 2.05) is 6.07 Å². The number of carbonyl (C=O) groups excluding carboxylic acids is 1. The van der Waals surface area contributed by atoms with Crippen LogP contribution >= 0.6 is 23.2 Å². The third-order valence-corrected chi connectivity index (χ3v) is 8.06. The molecule has 33 heavy (non-hydrogen) atoms. The molecule has 0 spiro atoms. The number of hydrogen-bond acceptors (Lipinski definition) is 6. The highest BCUT2D eigenvalue weighted by Gasteiger charge is 2.31. The lowest BCUT2D eigenvalue weighted by atomic mass is 9.99. The van der Waals surface area contributed by atoms with Crippen LogP contribution in [-0.2, 0) is 17.1 Å². The first-order valence-electron chi connectivity index (χ1n) is 10.9. The first-order valence-corrected chi connectivity index (χ1v) is 13.1. The van der Waals surface area contributed by atoms with E-state index < -0.39 is 16.1 Å². The number of urea groups is 1. The molecule has 0 radical (unpaired) electrons. The predicted molar refractivity (Wildman–Crippen MR) is 125 cm³/mol. The van der Waals surface area contributed by atoms with Crippen molar-refractivity contribution >= 4 is 39.3 Å². The number of nitrogens with one attached hydrogen (secondary N) is 1. The van der Waals surface area contributed by atoms with Gasteiger partial charge in [-0.3, -0.25) is 4.90 Å². The smallest absolute Gasteiger partial charge is 0.331 e. The van der Waals surface area contributed by atoms with Gasteiger partial charge in [0.1, 0.15) is 11.9 Å². The van der Waals surface area contributed by atoms with Crippen LogP contribution in [0.2, 0.25) is 10.0 Å². The number of aromatic nitrogens is 2. The number of piperidine rings is 2. The number of amides is 2. The molecule has 0 unspecified atom stereocenters. The number of carbonyl (C=O) groups is 1. The highest BCUT2D eigenvalue weighted by Crippen LogP contribution is 2.29. The summed E-state index contributed by atoms with van der Waals surface area (Å²) in [6, 6.07) is 5.07. The van der Waals surface area contributed by atoms with Crippen LogP contribution in [0.15, 0.2) is 35.7 Å². The Kier molecular flexibility index (Phi) is 7.37. The maximum absolute atomic E-state index is 12.5. The fourth-order valence-electron chi connectivity index (χ4n) is 4.29. The van der Waals surface area contributed by atoms with Gasteiger partial charge in [0, 0.05) is 51.5 Å². The molecular weight excluding hydrogens is 489 g/mol. The Balaban J connectivity index is 1.22. The van der Waals surface area contributed by atoms with Crippen molar-refractivity contribution in [3.63, 3.8) is 0 Å². The number of nitrogens with zero attached hydrogens (tertiary/aromatic N) is 4. The van der Waals surface area contributed by atoms with Crippen LogP contribution < -0.4 is 9.46 Å². The second-order valence-corrected chi connectivity index (χ2v) is 10.9. The number of imidazole rings is 1. The molecule has 180 valence electrons. The SMILES string of the molecule is Cn1cnc(S(=O)(=O)NC(=O)N2CCC(N3CCC(Oc4ccc(Cl)c(Cl)c4)CC3)CC2)c1. The molecular formula is C21H27Cl2N5O4S. The van der Waals surface area contributed by atoms with Gasteiger partial charge in [-0.25, -0.2) is 14.5 Å². The van der Waals surface area contributed by atoms with Gasteiger partial charge in [-0.05, 0) is 37.8 Å². The Bertz CT molecular complexity index is 1090. The fourth-order valence-corrected chi connectivity index (χ4v) is 5.54. The molecule has 2 aliphatic rings. The summed E-state index contributed by atoms with van der Waals surface area (Å²) in [7, 11) is -2.30. The molecule has 2 aromatic rings. The zero-order valence-corrected chi connectivity index (χ0v) is 20.6. The summed E-state index contributed by atoms with van der Waals surface area (Å²) < 4.78 is 34.4. The van der Waals surface area contributed by atoms with E-state index in [0.717, 1.165) is 44.5 Å². The maximum atomic E-state index is 12.5. The van der Waals surface area contributed by atoms with E-state index in [-0.39, 0.29) is 11.1 Å². The highest BCUT2D eigenvalue weighted by molar-refractivity contribution is 7.90. The Morgan fingerprint density at radius 2 is 1.79 bits per heavy atom. The molecule has 2 amide bonds.